The maximum absolute atomic E-state index is 12.6. The van der Waals surface area contributed by atoms with E-state index in [9.17, 15) is 9.59 Å². The minimum Gasteiger partial charge on any atom is -0.472 e. The molecule has 3 aromatic rings. The predicted octanol–water partition coefficient (Wildman–Crippen LogP) is 4.08. The van der Waals surface area contributed by atoms with Crippen molar-refractivity contribution in [1.82, 2.24) is 9.88 Å². The van der Waals surface area contributed by atoms with Crippen LogP contribution in [-0.4, -0.2) is 47.9 Å². The van der Waals surface area contributed by atoms with Crippen LogP contribution in [0.25, 0.3) is 0 Å². The normalized spacial score (nSPS) is 17.0. The molecule has 0 radical (unpaired) electrons. The number of piperidine rings is 1. The SMILES string of the molecule is Cc1ncccc1N1CC(C(=O)Nc2ccc(C3CCN(C(=O)c4ccoc4)CC3)cc2)C1. The van der Waals surface area contributed by atoms with Crippen LogP contribution in [0, 0.1) is 12.8 Å². The van der Waals surface area contributed by atoms with Gasteiger partial charge in [-0.15, -0.1) is 0 Å². The van der Waals surface area contributed by atoms with Crippen LogP contribution < -0.4 is 10.2 Å². The number of amides is 2. The van der Waals surface area contributed by atoms with E-state index in [-0.39, 0.29) is 17.7 Å². The molecule has 1 N–H and O–H groups in total. The molecule has 2 aromatic heterocycles. The number of anilines is 2. The van der Waals surface area contributed by atoms with E-state index in [0.717, 1.165) is 43.0 Å². The topological polar surface area (TPSA) is 78.7 Å². The molecular formula is C26H28N4O3. The van der Waals surface area contributed by atoms with Crippen molar-refractivity contribution in [1.29, 1.82) is 0 Å². The summed E-state index contributed by atoms with van der Waals surface area (Å²) in [6.45, 7) is 4.90. The second kappa shape index (κ2) is 9.10. The Bertz CT molecular complexity index is 1110. The van der Waals surface area contributed by atoms with Gasteiger partial charge in [-0.3, -0.25) is 14.6 Å². The molecule has 7 nitrogen and oxygen atoms in total. The number of carbonyl (C=O) groups excluding carboxylic acids is 2. The number of carbonyl (C=O) groups is 2. The van der Waals surface area contributed by atoms with Crippen molar-refractivity contribution in [3.05, 3.63) is 78.0 Å². The zero-order valence-electron chi connectivity index (χ0n) is 18.7. The molecule has 5 rings (SSSR count). The van der Waals surface area contributed by atoms with Crippen molar-refractivity contribution in [2.45, 2.75) is 25.7 Å². The lowest BCUT2D eigenvalue weighted by Crippen LogP contribution is -2.52. The minimum absolute atomic E-state index is 0.0126. The number of rotatable bonds is 5. The monoisotopic (exact) mass is 444 g/mol. The largest absolute Gasteiger partial charge is 0.472 e. The summed E-state index contributed by atoms with van der Waals surface area (Å²) in [4.78, 5) is 33.5. The van der Waals surface area contributed by atoms with E-state index in [4.69, 9.17) is 4.42 Å². The number of aromatic nitrogens is 1. The van der Waals surface area contributed by atoms with Gasteiger partial charge in [0.05, 0.1) is 29.1 Å². The molecule has 0 saturated carbocycles. The molecule has 33 heavy (non-hydrogen) atoms. The number of nitrogens with one attached hydrogen (secondary N) is 1. The van der Waals surface area contributed by atoms with Crippen molar-refractivity contribution in [2.24, 2.45) is 5.92 Å². The van der Waals surface area contributed by atoms with Gasteiger partial charge >= 0.3 is 0 Å². The van der Waals surface area contributed by atoms with Gasteiger partial charge in [-0.1, -0.05) is 12.1 Å². The van der Waals surface area contributed by atoms with Crippen LogP contribution in [0.4, 0.5) is 11.4 Å². The van der Waals surface area contributed by atoms with E-state index < -0.39 is 0 Å². The molecule has 2 amide bonds. The van der Waals surface area contributed by atoms with Crippen LogP contribution in [0.3, 0.4) is 0 Å². The van der Waals surface area contributed by atoms with E-state index in [1.54, 1.807) is 12.3 Å². The van der Waals surface area contributed by atoms with Crippen molar-refractivity contribution in [3.8, 4) is 0 Å². The molecule has 0 bridgehead atoms. The second-order valence-electron chi connectivity index (χ2n) is 8.90. The maximum atomic E-state index is 12.6. The number of pyridine rings is 1. The van der Waals surface area contributed by atoms with E-state index >= 15 is 0 Å². The van der Waals surface area contributed by atoms with Crippen molar-refractivity contribution >= 4 is 23.2 Å². The lowest BCUT2D eigenvalue weighted by molar-refractivity contribution is -0.120. The molecule has 0 atom stereocenters. The molecule has 2 aliphatic rings. The van der Waals surface area contributed by atoms with Gasteiger partial charge in [-0.05, 0) is 61.6 Å². The van der Waals surface area contributed by atoms with Crippen LogP contribution in [0.2, 0.25) is 0 Å². The molecule has 0 unspecified atom stereocenters. The molecule has 170 valence electrons. The number of hydrogen-bond acceptors (Lipinski definition) is 5. The minimum atomic E-state index is -0.0126. The predicted molar refractivity (Wildman–Crippen MR) is 126 cm³/mol. The number of benzene rings is 1. The first-order valence-corrected chi connectivity index (χ1v) is 11.5. The zero-order chi connectivity index (χ0) is 22.8. The van der Waals surface area contributed by atoms with E-state index in [0.29, 0.717) is 24.6 Å². The average Bonchev–Trinajstić information content (AvgIpc) is 3.35. The third-order valence-electron chi connectivity index (χ3n) is 6.77. The highest BCUT2D eigenvalue weighted by Gasteiger charge is 2.33. The van der Waals surface area contributed by atoms with Crippen molar-refractivity contribution in [3.63, 3.8) is 0 Å². The Kier molecular flexibility index (Phi) is 5.86. The lowest BCUT2D eigenvalue weighted by Gasteiger charge is -2.40. The van der Waals surface area contributed by atoms with Gasteiger partial charge < -0.3 is 19.5 Å². The molecule has 0 aliphatic carbocycles. The molecule has 4 heterocycles. The number of likely N-dealkylation sites (tertiary alicyclic amines) is 1. The first-order valence-electron chi connectivity index (χ1n) is 11.5. The Labute approximate surface area is 193 Å². The van der Waals surface area contributed by atoms with Gasteiger partial charge in [0, 0.05) is 38.1 Å². The van der Waals surface area contributed by atoms with Crippen LogP contribution in [0.1, 0.15) is 40.4 Å². The van der Waals surface area contributed by atoms with Crippen molar-refractivity contribution in [2.75, 3.05) is 36.4 Å². The standard InChI is InChI=1S/C26H28N4O3/c1-18-24(3-2-11-27-18)30-15-22(16-30)25(31)28-23-6-4-19(5-7-23)20-8-12-29(13-9-20)26(32)21-10-14-33-17-21/h2-7,10-11,14,17,20,22H,8-9,12-13,15-16H2,1H3,(H,28,31). The van der Waals surface area contributed by atoms with Crippen LogP contribution in [-0.2, 0) is 4.79 Å². The second-order valence-corrected chi connectivity index (χ2v) is 8.90. The average molecular weight is 445 g/mol. The van der Waals surface area contributed by atoms with Gasteiger partial charge in [-0.25, -0.2) is 0 Å². The number of furan rings is 1. The molecule has 7 heteroatoms. The molecule has 2 fully saturated rings. The number of nitrogens with zero attached hydrogens (tertiary/aromatic N) is 3. The highest BCUT2D eigenvalue weighted by atomic mass is 16.3. The molecule has 1 aromatic carbocycles. The molecule has 0 spiro atoms. The van der Waals surface area contributed by atoms with Crippen LogP contribution >= 0.6 is 0 Å². The summed E-state index contributed by atoms with van der Waals surface area (Å²) >= 11 is 0. The van der Waals surface area contributed by atoms with E-state index in [1.807, 2.05) is 36.1 Å². The summed E-state index contributed by atoms with van der Waals surface area (Å²) < 4.78 is 5.03. The van der Waals surface area contributed by atoms with Gasteiger partial charge in [0.1, 0.15) is 6.26 Å². The number of aryl methyl sites for hydroxylation is 1. The lowest BCUT2D eigenvalue weighted by atomic mass is 9.89. The smallest absolute Gasteiger partial charge is 0.257 e. The third-order valence-corrected chi connectivity index (χ3v) is 6.77. The Morgan fingerprint density at radius 2 is 1.82 bits per heavy atom. The maximum Gasteiger partial charge on any atom is 0.257 e. The van der Waals surface area contributed by atoms with Gasteiger partial charge in [0.25, 0.3) is 5.91 Å². The Morgan fingerprint density at radius 1 is 1.06 bits per heavy atom. The summed E-state index contributed by atoms with van der Waals surface area (Å²) in [6.07, 6.45) is 6.68. The van der Waals surface area contributed by atoms with Crippen molar-refractivity contribution < 1.29 is 14.0 Å². The fraction of sp³-hybridized carbons (Fsp3) is 0.346. The summed E-state index contributed by atoms with van der Waals surface area (Å²) in [5, 5.41) is 3.06. The highest BCUT2D eigenvalue weighted by Crippen LogP contribution is 2.30. The zero-order valence-corrected chi connectivity index (χ0v) is 18.7. The van der Waals surface area contributed by atoms with Gasteiger partial charge in [-0.2, -0.15) is 0 Å². The first kappa shape index (κ1) is 21.2. The quantitative estimate of drug-likeness (QED) is 0.642. The molecule has 2 aliphatic heterocycles. The first-order chi connectivity index (χ1) is 16.1. The van der Waals surface area contributed by atoms with E-state index in [2.05, 4.69) is 27.3 Å². The van der Waals surface area contributed by atoms with Crippen LogP contribution in [0.15, 0.2) is 65.6 Å². The Hall–Kier alpha value is -3.61. The molecular weight excluding hydrogens is 416 g/mol. The Balaban J connectivity index is 1.11. The fourth-order valence-corrected chi connectivity index (χ4v) is 4.72. The van der Waals surface area contributed by atoms with Gasteiger partial charge in [0.15, 0.2) is 0 Å². The summed E-state index contributed by atoms with van der Waals surface area (Å²) in [5.41, 5.74) is 4.78. The summed E-state index contributed by atoms with van der Waals surface area (Å²) in [7, 11) is 0. The third kappa shape index (κ3) is 4.49. The summed E-state index contributed by atoms with van der Waals surface area (Å²) in [5.74, 6) is 0.507. The highest BCUT2D eigenvalue weighted by molar-refractivity contribution is 5.94. The molecule has 2 saturated heterocycles. The van der Waals surface area contributed by atoms with Gasteiger partial charge in [0.2, 0.25) is 5.91 Å². The van der Waals surface area contributed by atoms with Crippen LogP contribution in [0.5, 0.6) is 0 Å². The fourth-order valence-electron chi connectivity index (χ4n) is 4.72. The number of hydrogen-bond donors (Lipinski definition) is 1. The summed E-state index contributed by atoms with van der Waals surface area (Å²) in [6, 6.07) is 13.9. The van der Waals surface area contributed by atoms with E-state index in [1.165, 1.54) is 18.1 Å². The Morgan fingerprint density at radius 3 is 2.48 bits per heavy atom.